The Morgan fingerprint density at radius 2 is 2.29 bits per heavy atom. The molecule has 0 bridgehead atoms. The van der Waals surface area contributed by atoms with Crippen molar-refractivity contribution < 1.29 is 14.6 Å². The van der Waals surface area contributed by atoms with Gasteiger partial charge < -0.3 is 14.6 Å². The first-order chi connectivity index (χ1) is 8.09. The van der Waals surface area contributed by atoms with Crippen LogP contribution in [0.1, 0.15) is 44.8 Å². The summed E-state index contributed by atoms with van der Waals surface area (Å²) in [6, 6.07) is 1.79. The third-order valence-corrected chi connectivity index (χ3v) is 4.07. The van der Waals surface area contributed by atoms with E-state index in [1.807, 2.05) is 13.8 Å². The molecule has 0 saturated heterocycles. The highest BCUT2D eigenvalue weighted by Crippen LogP contribution is 2.48. The third-order valence-electron chi connectivity index (χ3n) is 4.07. The van der Waals surface area contributed by atoms with E-state index in [1.165, 1.54) is 5.57 Å². The van der Waals surface area contributed by atoms with Crippen molar-refractivity contribution in [3.63, 3.8) is 0 Å². The fourth-order valence-electron chi connectivity index (χ4n) is 2.93. The number of rotatable bonds is 3. The molecular weight excluding hydrogens is 216 g/mol. The van der Waals surface area contributed by atoms with E-state index < -0.39 is 6.10 Å². The van der Waals surface area contributed by atoms with Crippen molar-refractivity contribution in [2.45, 2.75) is 39.2 Å². The fraction of sp³-hybridized carbons (Fsp3) is 0.571. The SMILES string of the molecule is CC1=C(CO)C(C)(C(O)c2ccoc2)CCC1. The van der Waals surface area contributed by atoms with Crippen LogP contribution < -0.4 is 0 Å². The first-order valence-electron chi connectivity index (χ1n) is 6.09. The first kappa shape index (κ1) is 12.4. The molecule has 0 spiro atoms. The number of allylic oxidation sites excluding steroid dienone is 1. The molecule has 0 saturated carbocycles. The fourth-order valence-corrected chi connectivity index (χ4v) is 2.93. The number of hydrogen-bond donors (Lipinski definition) is 2. The van der Waals surface area contributed by atoms with Gasteiger partial charge in [0.15, 0.2) is 0 Å². The Labute approximate surface area is 102 Å². The van der Waals surface area contributed by atoms with Crippen LogP contribution in [0.4, 0.5) is 0 Å². The molecule has 1 aromatic rings. The van der Waals surface area contributed by atoms with Gasteiger partial charge in [-0.05, 0) is 37.8 Å². The molecule has 1 aliphatic carbocycles. The number of aliphatic hydroxyl groups excluding tert-OH is 2. The van der Waals surface area contributed by atoms with Crippen LogP contribution in [0.15, 0.2) is 34.2 Å². The molecule has 0 aromatic carbocycles. The maximum Gasteiger partial charge on any atom is 0.0960 e. The molecule has 2 N–H and O–H groups in total. The van der Waals surface area contributed by atoms with Gasteiger partial charge >= 0.3 is 0 Å². The highest BCUT2D eigenvalue weighted by Gasteiger charge is 2.40. The van der Waals surface area contributed by atoms with Crippen LogP contribution in [0.25, 0.3) is 0 Å². The van der Waals surface area contributed by atoms with E-state index in [2.05, 4.69) is 0 Å². The summed E-state index contributed by atoms with van der Waals surface area (Å²) in [7, 11) is 0. The Hall–Kier alpha value is -1.06. The van der Waals surface area contributed by atoms with E-state index >= 15 is 0 Å². The summed E-state index contributed by atoms with van der Waals surface area (Å²) < 4.78 is 5.03. The lowest BCUT2D eigenvalue weighted by Gasteiger charge is -2.40. The lowest BCUT2D eigenvalue weighted by Crippen LogP contribution is -2.32. The summed E-state index contributed by atoms with van der Waals surface area (Å²) in [4.78, 5) is 0. The van der Waals surface area contributed by atoms with Crippen molar-refractivity contribution in [2.24, 2.45) is 5.41 Å². The van der Waals surface area contributed by atoms with Crippen molar-refractivity contribution in [1.29, 1.82) is 0 Å². The van der Waals surface area contributed by atoms with Gasteiger partial charge in [-0.1, -0.05) is 12.5 Å². The van der Waals surface area contributed by atoms with Crippen molar-refractivity contribution >= 4 is 0 Å². The molecule has 0 amide bonds. The van der Waals surface area contributed by atoms with E-state index in [1.54, 1.807) is 18.6 Å². The second kappa shape index (κ2) is 4.67. The van der Waals surface area contributed by atoms with Crippen molar-refractivity contribution in [1.82, 2.24) is 0 Å². The molecule has 2 rings (SSSR count). The summed E-state index contributed by atoms with van der Waals surface area (Å²) in [5.41, 5.74) is 2.61. The summed E-state index contributed by atoms with van der Waals surface area (Å²) in [6.45, 7) is 4.10. The van der Waals surface area contributed by atoms with Crippen molar-refractivity contribution in [2.75, 3.05) is 6.61 Å². The molecule has 1 heterocycles. The molecule has 0 fully saturated rings. The van der Waals surface area contributed by atoms with Crippen molar-refractivity contribution in [3.8, 4) is 0 Å². The second-order valence-corrected chi connectivity index (χ2v) is 5.15. The molecule has 2 atom stereocenters. The van der Waals surface area contributed by atoms with Crippen LogP contribution in [0.2, 0.25) is 0 Å². The van der Waals surface area contributed by atoms with Crippen LogP contribution >= 0.6 is 0 Å². The Balaban J connectivity index is 2.37. The Morgan fingerprint density at radius 3 is 2.88 bits per heavy atom. The lowest BCUT2D eigenvalue weighted by atomic mass is 9.67. The largest absolute Gasteiger partial charge is 0.472 e. The monoisotopic (exact) mass is 236 g/mol. The second-order valence-electron chi connectivity index (χ2n) is 5.15. The van der Waals surface area contributed by atoms with Crippen LogP contribution in [0.5, 0.6) is 0 Å². The molecule has 94 valence electrons. The van der Waals surface area contributed by atoms with E-state index in [-0.39, 0.29) is 12.0 Å². The third kappa shape index (κ3) is 2.05. The van der Waals surface area contributed by atoms with Gasteiger partial charge in [0.25, 0.3) is 0 Å². The van der Waals surface area contributed by atoms with Crippen LogP contribution in [0.3, 0.4) is 0 Å². The van der Waals surface area contributed by atoms with Gasteiger partial charge in [0, 0.05) is 11.0 Å². The predicted molar refractivity (Wildman–Crippen MR) is 65.4 cm³/mol. The molecule has 2 unspecified atom stereocenters. The summed E-state index contributed by atoms with van der Waals surface area (Å²) in [5, 5.41) is 20.1. The number of furan rings is 1. The van der Waals surface area contributed by atoms with E-state index in [0.29, 0.717) is 0 Å². The lowest BCUT2D eigenvalue weighted by molar-refractivity contribution is 0.0406. The molecule has 3 heteroatoms. The standard InChI is InChI=1S/C14H20O3/c1-10-4-3-6-14(2,12(10)8-15)13(16)11-5-7-17-9-11/h5,7,9,13,15-16H,3-4,6,8H2,1-2H3. The average Bonchev–Trinajstić information content (AvgIpc) is 2.81. The van der Waals surface area contributed by atoms with E-state index in [0.717, 1.165) is 30.4 Å². The minimum atomic E-state index is -0.612. The van der Waals surface area contributed by atoms with Crippen LogP contribution in [-0.4, -0.2) is 16.8 Å². The molecule has 0 aliphatic heterocycles. The van der Waals surface area contributed by atoms with Gasteiger partial charge in [0.05, 0.1) is 25.2 Å². The van der Waals surface area contributed by atoms with Gasteiger partial charge in [-0.25, -0.2) is 0 Å². The molecule has 3 nitrogen and oxygen atoms in total. The topological polar surface area (TPSA) is 53.6 Å². The van der Waals surface area contributed by atoms with Crippen molar-refractivity contribution in [3.05, 3.63) is 35.3 Å². The van der Waals surface area contributed by atoms with Gasteiger partial charge in [0.1, 0.15) is 0 Å². The summed E-state index contributed by atoms with van der Waals surface area (Å²) in [6.07, 6.45) is 5.50. The number of aliphatic hydroxyl groups is 2. The Bertz CT molecular complexity index is 405. The highest BCUT2D eigenvalue weighted by molar-refractivity contribution is 5.29. The van der Waals surface area contributed by atoms with Gasteiger partial charge in [-0.15, -0.1) is 0 Å². The zero-order valence-electron chi connectivity index (χ0n) is 10.4. The van der Waals surface area contributed by atoms with Crippen LogP contribution in [-0.2, 0) is 0 Å². The zero-order valence-corrected chi connectivity index (χ0v) is 10.4. The quantitative estimate of drug-likeness (QED) is 0.793. The predicted octanol–water partition coefficient (Wildman–Crippen LogP) is 2.81. The molecular formula is C14H20O3. The first-order valence-corrected chi connectivity index (χ1v) is 6.09. The minimum absolute atomic E-state index is 0.0250. The minimum Gasteiger partial charge on any atom is -0.472 e. The zero-order chi connectivity index (χ0) is 12.5. The maximum absolute atomic E-state index is 10.5. The molecule has 1 aliphatic rings. The normalized spacial score (nSPS) is 27.3. The van der Waals surface area contributed by atoms with Crippen LogP contribution in [0, 0.1) is 5.41 Å². The van der Waals surface area contributed by atoms with E-state index in [9.17, 15) is 10.2 Å². The smallest absolute Gasteiger partial charge is 0.0960 e. The van der Waals surface area contributed by atoms with E-state index in [4.69, 9.17) is 4.42 Å². The molecule has 0 radical (unpaired) electrons. The molecule has 17 heavy (non-hydrogen) atoms. The van der Waals surface area contributed by atoms with Gasteiger partial charge in [-0.2, -0.15) is 0 Å². The average molecular weight is 236 g/mol. The molecule has 1 aromatic heterocycles. The Morgan fingerprint density at radius 1 is 1.53 bits per heavy atom. The highest BCUT2D eigenvalue weighted by atomic mass is 16.3. The van der Waals surface area contributed by atoms with Gasteiger partial charge in [0.2, 0.25) is 0 Å². The number of hydrogen-bond acceptors (Lipinski definition) is 3. The summed E-state index contributed by atoms with van der Waals surface area (Å²) in [5.74, 6) is 0. The Kier molecular flexibility index (Phi) is 3.40. The summed E-state index contributed by atoms with van der Waals surface area (Å²) >= 11 is 0. The van der Waals surface area contributed by atoms with Gasteiger partial charge in [-0.3, -0.25) is 0 Å². The maximum atomic E-state index is 10.5.